The van der Waals surface area contributed by atoms with Gasteiger partial charge in [0, 0.05) is 13.1 Å². The van der Waals surface area contributed by atoms with Gasteiger partial charge in [-0.1, -0.05) is 6.42 Å². The first kappa shape index (κ1) is 12.0. The van der Waals surface area contributed by atoms with Gasteiger partial charge >= 0.3 is 0 Å². The van der Waals surface area contributed by atoms with Crippen LogP contribution in [0.25, 0.3) is 0 Å². The summed E-state index contributed by atoms with van der Waals surface area (Å²) in [5, 5.41) is 0. The lowest BCUT2D eigenvalue weighted by Gasteiger charge is -2.21. The topological polar surface area (TPSA) is 15.7 Å². The van der Waals surface area contributed by atoms with Crippen LogP contribution in [0.1, 0.15) is 19.3 Å². The molecule has 84 valence electrons. The molecule has 0 bridgehead atoms. The van der Waals surface area contributed by atoms with Crippen LogP contribution in [-0.2, 0) is 4.74 Å². The predicted octanol–water partition coefficient (Wildman–Crippen LogP) is 1.05. The van der Waals surface area contributed by atoms with E-state index < -0.39 is 0 Å². The third-order valence-corrected chi connectivity index (χ3v) is 2.81. The maximum atomic E-state index is 5.10. The Morgan fingerprint density at radius 2 is 1.21 bits per heavy atom. The van der Waals surface area contributed by atoms with Crippen LogP contribution in [-0.4, -0.2) is 63.3 Å². The first-order chi connectivity index (χ1) is 6.79. The number of morpholine rings is 1. The Hall–Kier alpha value is -0.120. The van der Waals surface area contributed by atoms with Gasteiger partial charge in [-0.2, -0.15) is 0 Å². The summed E-state index contributed by atoms with van der Waals surface area (Å²) in [6, 6.07) is 0. The van der Waals surface area contributed by atoms with Crippen molar-refractivity contribution in [2.45, 2.75) is 19.3 Å². The number of likely N-dealkylation sites (N-methyl/N-ethyl adjacent to an activating group) is 1. The van der Waals surface area contributed by atoms with Gasteiger partial charge < -0.3 is 14.5 Å². The van der Waals surface area contributed by atoms with Gasteiger partial charge in [0.15, 0.2) is 0 Å². The van der Waals surface area contributed by atoms with Crippen molar-refractivity contribution >= 4 is 0 Å². The SMILES string of the molecule is CN1CCCCC1.CN1CCOCC1. The van der Waals surface area contributed by atoms with Gasteiger partial charge in [-0.3, -0.25) is 0 Å². The fourth-order valence-corrected chi connectivity index (χ4v) is 1.71. The van der Waals surface area contributed by atoms with Crippen LogP contribution in [0.2, 0.25) is 0 Å². The second-order valence-corrected chi connectivity index (χ2v) is 4.28. The highest BCUT2D eigenvalue weighted by molar-refractivity contribution is 4.58. The molecule has 0 aromatic carbocycles. The van der Waals surface area contributed by atoms with E-state index in [1.807, 2.05) is 0 Å². The Labute approximate surface area is 88.0 Å². The Bertz CT molecular complexity index is 113. The van der Waals surface area contributed by atoms with Gasteiger partial charge in [0.05, 0.1) is 13.2 Å². The van der Waals surface area contributed by atoms with Crippen molar-refractivity contribution in [1.82, 2.24) is 9.80 Å². The van der Waals surface area contributed by atoms with E-state index in [1.54, 1.807) is 0 Å². The number of likely N-dealkylation sites (tertiary alicyclic amines) is 1. The molecule has 3 heteroatoms. The lowest BCUT2D eigenvalue weighted by Crippen LogP contribution is -2.32. The quantitative estimate of drug-likeness (QED) is 0.581. The highest BCUT2D eigenvalue weighted by Crippen LogP contribution is 2.04. The van der Waals surface area contributed by atoms with E-state index in [-0.39, 0.29) is 0 Å². The van der Waals surface area contributed by atoms with Gasteiger partial charge in [0.1, 0.15) is 0 Å². The van der Waals surface area contributed by atoms with E-state index in [9.17, 15) is 0 Å². The van der Waals surface area contributed by atoms with Crippen LogP contribution >= 0.6 is 0 Å². The van der Waals surface area contributed by atoms with Gasteiger partial charge in [0.25, 0.3) is 0 Å². The van der Waals surface area contributed by atoms with Crippen LogP contribution < -0.4 is 0 Å². The lowest BCUT2D eigenvalue weighted by atomic mass is 10.1. The molecule has 2 rings (SSSR count). The average molecular weight is 200 g/mol. The molecule has 0 radical (unpaired) electrons. The molecular formula is C11H24N2O. The van der Waals surface area contributed by atoms with Crippen LogP contribution in [0.4, 0.5) is 0 Å². The van der Waals surface area contributed by atoms with Crippen LogP contribution in [0.3, 0.4) is 0 Å². The van der Waals surface area contributed by atoms with Gasteiger partial charge in [0.2, 0.25) is 0 Å². The number of nitrogens with zero attached hydrogens (tertiary/aromatic N) is 2. The Morgan fingerprint density at radius 3 is 1.50 bits per heavy atom. The summed E-state index contributed by atoms with van der Waals surface area (Å²) in [4.78, 5) is 4.66. The summed E-state index contributed by atoms with van der Waals surface area (Å²) < 4.78 is 5.10. The van der Waals surface area contributed by atoms with Crippen molar-refractivity contribution in [3.05, 3.63) is 0 Å². The van der Waals surface area contributed by atoms with Crippen LogP contribution in [0, 0.1) is 0 Å². The third kappa shape index (κ3) is 5.58. The fraction of sp³-hybridized carbons (Fsp3) is 1.00. The van der Waals surface area contributed by atoms with Crippen molar-refractivity contribution in [3.63, 3.8) is 0 Å². The van der Waals surface area contributed by atoms with Crippen LogP contribution in [0.5, 0.6) is 0 Å². The first-order valence-corrected chi connectivity index (χ1v) is 5.74. The van der Waals surface area contributed by atoms with Crippen molar-refractivity contribution in [3.8, 4) is 0 Å². The third-order valence-electron chi connectivity index (χ3n) is 2.81. The zero-order valence-corrected chi connectivity index (χ0v) is 9.67. The maximum absolute atomic E-state index is 5.10. The molecule has 0 N–H and O–H groups in total. The summed E-state index contributed by atoms with van der Waals surface area (Å²) in [6.07, 6.45) is 4.28. The number of hydrogen-bond acceptors (Lipinski definition) is 3. The van der Waals surface area contributed by atoms with E-state index >= 15 is 0 Å². The average Bonchev–Trinajstić information content (AvgIpc) is 2.21. The Morgan fingerprint density at radius 1 is 0.714 bits per heavy atom. The smallest absolute Gasteiger partial charge is 0.0594 e. The molecule has 0 aliphatic carbocycles. The van der Waals surface area contributed by atoms with Crippen molar-refractivity contribution in [2.75, 3.05) is 53.5 Å². The fourth-order valence-electron chi connectivity index (χ4n) is 1.71. The summed E-state index contributed by atoms with van der Waals surface area (Å²) >= 11 is 0. The molecule has 2 heterocycles. The largest absolute Gasteiger partial charge is 0.379 e. The van der Waals surface area contributed by atoms with Gasteiger partial charge in [-0.15, -0.1) is 0 Å². The first-order valence-electron chi connectivity index (χ1n) is 5.74. The van der Waals surface area contributed by atoms with Crippen molar-refractivity contribution in [2.24, 2.45) is 0 Å². The maximum Gasteiger partial charge on any atom is 0.0594 e. The summed E-state index contributed by atoms with van der Waals surface area (Å²) in [5.41, 5.74) is 0. The number of hydrogen-bond donors (Lipinski definition) is 0. The molecule has 0 amide bonds. The highest BCUT2D eigenvalue weighted by Gasteiger charge is 2.02. The number of rotatable bonds is 0. The number of piperidine rings is 1. The monoisotopic (exact) mass is 200 g/mol. The molecule has 2 aliphatic rings. The normalized spacial score (nSPS) is 25.3. The van der Waals surface area contributed by atoms with E-state index in [0.29, 0.717) is 0 Å². The predicted molar refractivity (Wildman–Crippen MR) is 59.7 cm³/mol. The molecule has 0 aromatic rings. The zero-order chi connectivity index (χ0) is 10.2. The molecule has 0 spiro atoms. The molecule has 0 unspecified atom stereocenters. The van der Waals surface area contributed by atoms with Gasteiger partial charge in [-0.25, -0.2) is 0 Å². The van der Waals surface area contributed by atoms with Gasteiger partial charge in [-0.05, 0) is 40.0 Å². The molecule has 0 aromatic heterocycles. The Kier molecular flexibility index (Phi) is 6.15. The zero-order valence-electron chi connectivity index (χ0n) is 9.67. The molecule has 3 nitrogen and oxygen atoms in total. The molecule has 2 saturated heterocycles. The molecule has 0 saturated carbocycles. The van der Waals surface area contributed by atoms with Crippen LogP contribution in [0.15, 0.2) is 0 Å². The number of ether oxygens (including phenoxy) is 1. The molecular weight excluding hydrogens is 176 g/mol. The minimum atomic E-state index is 0.913. The van der Waals surface area contributed by atoms with E-state index in [2.05, 4.69) is 23.9 Å². The minimum absolute atomic E-state index is 0.913. The Balaban J connectivity index is 0.000000140. The summed E-state index contributed by atoms with van der Waals surface area (Å²) in [7, 11) is 4.31. The molecule has 14 heavy (non-hydrogen) atoms. The van der Waals surface area contributed by atoms with E-state index in [0.717, 1.165) is 26.3 Å². The van der Waals surface area contributed by atoms with Crippen molar-refractivity contribution < 1.29 is 4.74 Å². The second kappa shape index (κ2) is 7.21. The summed E-state index contributed by atoms with van der Waals surface area (Å²) in [5.74, 6) is 0. The lowest BCUT2D eigenvalue weighted by molar-refractivity contribution is 0.0503. The second-order valence-electron chi connectivity index (χ2n) is 4.28. The minimum Gasteiger partial charge on any atom is -0.379 e. The van der Waals surface area contributed by atoms with Crippen molar-refractivity contribution in [1.29, 1.82) is 0 Å². The van der Waals surface area contributed by atoms with E-state index in [4.69, 9.17) is 4.74 Å². The highest BCUT2D eigenvalue weighted by atomic mass is 16.5. The molecule has 2 fully saturated rings. The molecule has 2 aliphatic heterocycles. The summed E-state index contributed by atoms with van der Waals surface area (Å²) in [6.45, 7) is 6.66. The standard InChI is InChI=1S/C6H13N.C5H11NO/c1-7-5-3-2-4-6-7;1-6-2-4-7-5-3-6/h2-6H2,1H3;2-5H2,1H3. The molecule has 0 atom stereocenters. The van der Waals surface area contributed by atoms with E-state index in [1.165, 1.54) is 32.4 Å².